The maximum absolute atomic E-state index is 13.4. The molecule has 0 bridgehead atoms. The number of nitrogens with one attached hydrogen (secondary N) is 1. The van der Waals surface area contributed by atoms with Crippen molar-refractivity contribution in [3.05, 3.63) is 71.4 Å². The van der Waals surface area contributed by atoms with Gasteiger partial charge in [0, 0.05) is 12.7 Å². The molecule has 0 aliphatic heterocycles. The zero-order valence-electron chi connectivity index (χ0n) is 11.5. The van der Waals surface area contributed by atoms with Crippen molar-refractivity contribution in [3.8, 4) is 0 Å². The van der Waals surface area contributed by atoms with Crippen LogP contribution in [0.3, 0.4) is 0 Å². The first-order chi connectivity index (χ1) is 10.1. The lowest BCUT2D eigenvalue weighted by Crippen LogP contribution is -2.25. The maximum Gasteiger partial charge on any atom is 0.270 e. The number of halogens is 1. The summed E-state index contributed by atoms with van der Waals surface area (Å²) < 4.78 is 14.8. The quantitative estimate of drug-likeness (QED) is 0.803. The van der Waals surface area contributed by atoms with Crippen molar-refractivity contribution in [1.29, 1.82) is 0 Å². The molecule has 1 amide bonds. The molecule has 3 rings (SSSR count). The fraction of sp³-hybridized carbons (Fsp3) is 0.125. The smallest absolute Gasteiger partial charge is 0.270 e. The van der Waals surface area contributed by atoms with Crippen LogP contribution in [0.15, 0.2) is 48.7 Å². The standard InChI is InChI=1S/C16H14FN3O/c1-11-15(20-10-13(17)7-8-14(20)19-11)16(21)18-9-12-5-3-2-4-6-12/h2-8,10H,9H2,1H3,(H,18,21). The third kappa shape index (κ3) is 2.63. The molecular weight excluding hydrogens is 269 g/mol. The van der Waals surface area contributed by atoms with E-state index < -0.39 is 5.82 Å². The number of nitrogens with zero attached hydrogens (tertiary/aromatic N) is 2. The van der Waals surface area contributed by atoms with Crippen molar-refractivity contribution in [1.82, 2.24) is 14.7 Å². The van der Waals surface area contributed by atoms with Crippen LogP contribution in [0.1, 0.15) is 21.7 Å². The predicted molar refractivity (Wildman–Crippen MR) is 77.5 cm³/mol. The second-order valence-corrected chi connectivity index (χ2v) is 4.79. The summed E-state index contributed by atoms with van der Waals surface area (Å²) in [6.07, 6.45) is 1.27. The lowest BCUT2D eigenvalue weighted by atomic mass is 10.2. The van der Waals surface area contributed by atoms with Crippen LogP contribution in [0.5, 0.6) is 0 Å². The number of carbonyl (C=O) groups is 1. The third-order valence-corrected chi connectivity index (χ3v) is 3.27. The van der Waals surface area contributed by atoms with Crippen LogP contribution in [0.25, 0.3) is 5.65 Å². The first-order valence-corrected chi connectivity index (χ1v) is 6.61. The predicted octanol–water partition coefficient (Wildman–Crippen LogP) is 2.71. The van der Waals surface area contributed by atoms with Gasteiger partial charge in [-0.25, -0.2) is 9.37 Å². The number of hydrogen-bond donors (Lipinski definition) is 1. The van der Waals surface area contributed by atoms with Gasteiger partial charge in [0.1, 0.15) is 17.2 Å². The Hall–Kier alpha value is -2.69. The highest BCUT2D eigenvalue weighted by atomic mass is 19.1. The highest BCUT2D eigenvalue weighted by molar-refractivity contribution is 5.94. The van der Waals surface area contributed by atoms with Gasteiger partial charge in [0.2, 0.25) is 0 Å². The molecule has 0 saturated heterocycles. The normalized spacial score (nSPS) is 10.8. The average molecular weight is 283 g/mol. The van der Waals surface area contributed by atoms with E-state index >= 15 is 0 Å². The molecule has 5 heteroatoms. The number of benzene rings is 1. The molecule has 0 fully saturated rings. The lowest BCUT2D eigenvalue weighted by molar-refractivity contribution is 0.0944. The average Bonchev–Trinajstić information content (AvgIpc) is 2.81. The van der Waals surface area contributed by atoms with Gasteiger partial charge in [-0.15, -0.1) is 0 Å². The molecular formula is C16H14FN3O. The van der Waals surface area contributed by atoms with Gasteiger partial charge >= 0.3 is 0 Å². The van der Waals surface area contributed by atoms with Crippen molar-refractivity contribution < 1.29 is 9.18 Å². The molecule has 2 aromatic heterocycles. The summed E-state index contributed by atoms with van der Waals surface area (Å²) in [4.78, 5) is 16.6. The van der Waals surface area contributed by atoms with E-state index in [4.69, 9.17) is 0 Å². The number of amides is 1. The summed E-state index contributed by atoms with van der Waals surface area (Å²) >= 11 is 0. The Morgan fingerprint density at radius 1 is 1.24 bits per heavy atom. The maximum atomic E-state index is 13.4. The molecule has 0 unspecified atom stereocenters. The molecule has 0 aliphatic rings. The number of hydrogen-bond acceptors (Lipinski definition) is 2. The van der Waals surface area contributed by atoms with Gasteiger partial charge in [-0.05, 0) is 24.6 Å². The highest BCUT2D eigenvalue weighted by Gasteiger charge is 2.16. The SMILES string of the molecule is Cc1nc2ccc(F)cn2c1C(=O)NCc1ccccc1. The van der Waals surface area contributed by atoms with Crippen molar-refractivity contribution in [3.63, 3.8) is 0 Å². The Kier molecular flexibility index (Phi) is 3.39. The third-order valence-electron chi connectivity index (χ3n) is 3.27. The van der Waals surface area contributed by atoms with Gasteiger partial charge in [0.15, 0.2) is 0 Å². The van der Waals surface area contributed by atoms with E-state index in [0.29, 0.717) is 23.6 Å². The van der Waals surface area contributed by atoms with Crippen LogP contribution in [0, 0.1) is 12.7 Å². The molecule has 1 N–H and O–H groups in total. The van der Waals surface area contributed by atoms with Crippen LogP contribution in [0.2, 0.25) is 0 Å². The monoisotopic (exact) mass is 283 g/mol. The number of carbonyl (C=O) groups excluding carboxylic acids is 1. The first kappa shape index (κ1) is 13.3. The molecule has 0 radical (unpaired) electrons. The van der Waals surface area contributed by atoms with E-state index in [0.717, 1.165) is 5.56 Å². The van der Waals surface area contributed by atoms with Crippen molar-refractivity contribution in [2.24, 2.45) is 0 Å². The Balaban J connectivity index is 1.87. The largest absolute Gasteiger partial charge is 0.347 e. The summed E-state index contributed by atoms with van der Waals surface area (Å²) in [7, 11) is 0. The molecule has 2 heterocycles. The number of aromatic nitrogens is 2. The molecule has 4 nitrogen and oxygen atoms in total. The Morgan fingerprint density at radius 2 is 2.00 bits per heavy atom. The van der Waals surface area contributed by atoms with Gasteiger partial charge in [0.25, 0.3) is 5.91 Å². The fourth-order valence-electron chi connectivity index (χ4n) is 2.27. The zero-order chi connectivity index (χ0) is 14.8. The van der Waals surface area contributed by atoms with Gasteiger partial charge in [-0.2, -0.15) is 0 Å². The second kappa shape index (κ2) is 5.36. The molecule has 0 saturated carbocycles. The van der Waals surface area contributed by atoms with Crippen LogP contribution in [-0.2, 0) is 6.54 Å². The van der Waals surface area contributed by atoms with E-state index in [1.165, 1.54) is 16.7 Å². The van der Waals surface area contributed by atoms with Crippen LogP contribution < -0.4 is 5.32 Å². The highest BCUT2D eigenvalue weighted by Crippen LogP contribution is 2.13. The molecule has 1 aromatic carbocycles. The number of imidazole rings is 1. The van der Waals surface area contributed by atoms with Crippen molar-refractivity contribution in [2.45, 2.75) is 13.5 Å². The molecule has 0 spiro atoms. The van der Waals surface area contributed by atoms with Crippen LogP contribution >= 0.6 is 0 Å². The van der Waals surface area contributed by atoms with Gasteiger partial charge in [-0.1, -0.05) is 30.3 Å². The minimum Gasteiger partial charge on any atom is -0.347 e. The summed E-state index contributed by atoms with van der Waals surface area (Å²) in [5, 5.41) is 2.83. The summed E-state index contributed by atoms with van der Waals surface area (Å²) in [5.74, 6) is -0.675. The lowest BCUT2D eigenvalue weighted by Gasteiger charge is -2.06. The van der Waals surface area contributed by atoms with Crippen LogP contribution in [0.4, 0.5) is 4.39 Å². The zero-order valence-corrected chi connectivity index (χ0v) is 11.5. The van der Waals surface area contributed by atoms with Crippen molar-refractivity contribution >= 4 is 11.6 Å². The van der Waals surface area contributed by atoms with Crippen LogP contribution in [-0.4, -0.2) is 15.3 Å². The van der Waals surface area contributed by atoms with Gasteiger partial charge in [0.05, 0.1) is 5.69 Å². The van der Waals surface area contributed by atoms with Gasteiger partial charge < -0.3 is 5.32 Å². The van der Waals surface area contributed by atoms with Gasteiger partial charge in [-0.3, -0.25) is 9.20 Å². The Bertz CT molecular complexity index is 796. The fourth-order valence-corrected chi connectivity index (χ4v) is 2.27. The minimum absolute atomic E-state index is 0.269. The first-order valence-electron chi connectivity index (χ1n) is 6.61. The molecule has 21 heavy (non-hydrogen) atoms. The van der Waals surface area contributed by atoms with E-state index in [1.54, 1.807) is 13.0 Å². The number of fused-ring (bicyclic) bond motifs is 1. The minimum atomic E-state index is -0.406. The van der Waals surface area contributed by atoms with Crippen molar-refractivity contribution in [2.75, 3.05) is 0 Å². The molecule has 0 aliphatic carbocycles. The molecule has 0 atom stereocenters. The second-order valence-electron chi connectivity index (χ2n) is 4.79. The molecule has 3 aromatic rings. The summed E-state index contributed by atoms with van der Waals surface area (Å²) in [6, 6.07) is 12.5. The van der Waals surface area contributed by atoms with E-state index in [-0.39, 0.29) is 5.91 Å². The topological polar surface area (TPSA) is 46.4 Å². The number of rotatable bonds is 3. The number of pyridine rings is 1. The molecule has 106 valence electrons. The summed E-state index contributed by atoms with van der Waals surface area (Å²) in [5.41, 5.74) is 2.49. The van der Waals surface area contributed by atoms with E-state index in [1.807, 2.05) is 30.3 Å². The van der Waals surface area contributed by atoms with E-state index in [9.17, 15) is 9.18 Å². The Labute approximate surface area is 121 Å². The summed E-state index contributed by atoms with van der Waals surface area (Å²) in [6.45, 7) is 2.16. The number of aryl methyl sites for hydroxylation is 1. The Morgan fingerprint density at radius 3 is 2.76 bits per heavy atom. The van der Waals surface area contributed by atoms with E-state index in [2.05, 4.69) is 10.3 Å².